The first-order valence-electron chi connectivity index (χ1n) is 9.28. The fourth-order valence-electron chi connectivity index (χ4n) is 4.05. The molecule has 0 bridgehead atoms. The zero-order valence-electron chi connectivity index (χ0n) is 15.5. The van der Waals surface area contributed by atoms with Crippen LogP contribution in [0.4, 0.5) is 0 Å². The number of aryl methyl sites for hydroxylation is 1. The van der Waals surface area contributed by atoms with Crippen LogP contribution in [-0.4, -0.2) is 23.2 Å². The zero-order valence-corrected chi connectivity index (χ0v) is 15.5. The second-order valence-corrected chi connectivity index (χ2v) is 7.21. The van der Waals surface area contributed by atoms with Gasteiger partial charge in [0, 0.05) is 19.6 Å². The molecule has 0 saturated heterocycles. The summed E-state index contributed by atoms with van der Waals surface area (Å²) in [6, 6.07) is 22.0. The lowest BCUT2D eigenvalue weighted by Gasteiger charge is -2.14. The monoisotopic (exact) mass is 343 g/mol. The van der Waals surface area contributed by atoms with Gasteiger partial charge in [-0.15, -0.1) is 0 Å². The van der Waals surface area contributed by atoms with Crippen LogP contribution >= 0.6 is 0 Å². The number of benzene rings is 3. The van der Waals surface area contributed by atoms with Crippen molar-refractivity contribution in [1.82, 2.24) is 4.90 Å². The van der Waals surface area contributed by atoms with Crippen LogP contribution in [0.25, 0.3) is 22.3 Å². The third kappa shape index (κ3) is 3.07. The summed E-state index contributed by atoms with van der Waals surface area (Å²) in [7, 11) is 0. The van der Waals surface area contributed by atoms with E-state index in [2.05, 4.69) is 79.4 Å². The number of aliphatic hydroxyl groups excluding tert-OH is 1. The standard InChI is InChI=1S/C24H25NO/c1-17-6-3-4-7-22(17)24-9-5-8-23(18(24)2)19-10-11-20-15-25(12-13-26)16-21(20)14-19/h3-11,14,26H,12-13,15-16H2,1-2H3. The molecule has 0 aromatic heterocycles. The number of rotatable bonds is 4. The molecule has 1 heterocycles. The molecule has 0 unspecified atom stereocenters. The van der Waals surface area contributed by atoms with Crippen LogP contribution in [0.3, 0.4) is 0 Å². The van der Waals surface area contributed by atoms with Gasteiger partial charge in [0.25, 0.3) is 0 Å². The Balaban J connectivity index is 1.73. The number of hydrogen-bond acceptors (Lipinski definition) is 2. The lowest BCUT2D eigenvalue weighted by molar-refractivity contribution is 0.198. The van der Waals surface area contributed by atoms with Crippen molar-refractivity contribution in [2.24, 2.45) is 0 Å². The first-order valence-corrected chi connectivity index (χ1v) is 9.28. The molecule has 1 aliphatic rings. The summed E-state index contributed by atoms with van der Waals surface area (Å²) >= 11 is 0. The molecule has 0 amide bonds. The maximum absolute atomic E-state index is 9.19. The molecule has 1 N–H and O–H groups in total. The van der Waals surface area contributed by atoms with E-state index in [9.17, 15) is 5.11 Å². The summed E-state index contributed by atoms with van der Waals surface area (Å²) < 4.78 is 0. The van der Waals surface area contributed by atoms with Crippen LogP contribution in [0.5, 0.6) is 0 Å². The average molecular weight is 343 g/mol. The van der Waals surface area contributed by atoms with Crippen molar-refractivity contribution in [3.8, 4) is 22.3 Å². The summed E-state index contributed by atoms with van der Waals surface area (Å²) in [5, 5.41) is 9.19. The molecule has 3 aromatic rings. The molecule has 132 valence electrons. The number of fused-ring (bicyclic) bond motifs is 1. The van der Waals surface area contributed by atoms with E-state index in [1.54, 1.807) is 0 Å². The first kappa shape index (κ1) is 17.0. The summed E-state index contributed by atoms with van der Waals surface area (Å²) in [6.07, 6.45) is 0. The minimum absolute atomic E-state index is 0.221. The Hall–Kier alpha value is -2.42. The fraction of sp³-hybridized carbons (Fsp3) is 0.250. The predicted octanol–water partition coefficient (Wildman–Crippen LogP) is 4.95. The van der Waals surface area contributed by atoms with Gasteiger partial charge in [-0.05, 0) is 64.4 Å². The largest absolute Gasteiger partial charge is 0.395 e. The van der Waals surface area contributed by atoms with Gasteiger partial charge in [0.2, 0.25) is 0 Å². The molecular formula is C24H25NO. The smallest absolute Gasteiger partial charge is 0.0558 e. The van der Waals surface area contributed by atoms with Gasteiger partial charge < -0.3 is 5.11 Å². The molecular weight excluding hydrogens is 318 g/mol. The highest BCUT2D eigenvalue weighted by molar-refractivity contribution is 5.80. The highest BCUT2D eigenvalue weighted by Gasteiger charge is 2.19. The Morgan fingerprint density at radius 3 is 2.35 bits per heavy atom. The van der Waals surface area contributed by atoms with Crippen molar-refractivity contribution >= 4 is 0 Å². The van der Waals surface area contributed by atoms with Crippen molar-refractivity contribution in [1.29, 1.82) is 0 Å². The summed E-state index contributed by atoms with van der Waals surface area (Å²) in [5.74, 6) is 0. The van der Waals surface area contributed by atoms with Gasteiger partial charge in [-0.3, -0.25) is 4.90 Å². The summed E-state index contributed by atoms with van der Waals surface area (Å²) in [5.41, 5.74) is 10.6. The minimum atomic E-state index is 0.221. The van der Waals surface area contributed by atoms with Crippen LogP contribution in [0.2, 0.25) is 0 Å². The SMILES string of the molecule is Cc1ccccc1-c1cccc(-c2ccc3c(c2)CN(CCO)C3)c1C. The second-order valence-electron chi connectivity index (χ2n) is 7.21. The highest BCUT2D eigenvalue weighted by Crippen LogP contribution is 2.35. The second kappa shape index (κ2) is 7.06. The molecule has 0 aliphatic carbocycles. The number of β-amino-alcohol motifs (C(OH)–C–C–N with tert-alkyl or cyclic N) is 1. The Kier molecular flexibility index (Phi) is 4.62. The van der Waals surface area contributed by atoms with E-state index in [0.29, 0.717) is 0 Å². The van der Waals surface area contributed by atoms with E-state index in [-0.39, 0.29) is 6.61 Å². The minimum Gasteiger partial charge on any atom is -0.395 e. The van der Waals surface area contributed by atoms with Crippen molar-refractivity contribution in [2.45, 2.75) is 26.9 Å². The third-order valence-corrected chi connectivity index (χ3v) is 5.49. The molecule has 26 heavy (non-hydrogen) atoms. The van der Waals surface area contributed by atoms with E-state index in [4.69, 9.17) is 0 Å². The molecule has 4 rings (SSSR count). The number of nitrogens with zero attached hydrogens (tertiary/aromatic N) is 1. The van der Waals surface area contributed by atoms with Gasteiger partial charge in [-0.25, -0.2) is 0 Å². The molecule has 0 fully saturated rings. The Bertz CT molecular complexity index is 945. The van der Waals surface area contributed by atoms with Gasteiger partial charge in [-0.2, -0.15) is 0 Å². The lowest BCUT2D eigenvalue weighted by Crippen LogP contribution is -2.20. The maximum atomic E-state index is 9.19. The quantitative estimate of drug-likeness (QED) is 0.725. The average Bonchev–Trinajstić information content (AvgIpc) is 3.04. The normalized spacial score (nSPS) is 13.8. The topological polar surface area (TPSA) is 23.5 Å². The van der Waals surface area contributed by atoms with E-state index in [1.165, 1.54) is 44.5 Å². The van der Waals surface area contributed by atoms with Gasteiger partial charge in [0.05, 0.1) is 6.61 Å². The molecule has 0 atom stereocenters. The molecule has 0 radical (unpaired) electrons. The summed E-state index contributed by atoms with van der Waals surface area (Å²) in [6.45, 7) is 7.23. The van der Waals surface area contributed by atoms with Crippen LogP contribution < -0.4 is 0 Å². The van der Waals surface area contributed by atoms with Gasteiger partial charge in [-0.1, -0.05) is 54.6 Å². The van der Waals surface area contributed by atoms with E-state index >= 15 is 0 Å². The van der Waals surface area contributed by atoms with Crippen LogP contribution in [0.1, 0.15) is 22.3 Å². The molecule has 1 aliphatic heterocycles. The number of aliphatic hydroxyl groups is 1. The molecule has 3 aromatic carbocycles. The zero-order chi connectivity index (χ0) is 18.1. The van der Waals surface area contributed by atoms with Crippen LogP contribution in [-0.2, 0) is 13.1 Å². The van der Waals surface area contributed by atoms with E-state index in [1.807, 2.05) is 0 Å². The van der Waals surface area contributed by atoms with Crippen molar-refractivity contribution < 1.29 is 5.11 Å². The molecule has 2 heteroatoms. The molecule has 2 nitrogen and oxygen atoms in total. The van der Waals surface area contributed by atoms with Gasteiger partial charge in [0.1, 0.15) is 0 Å². The van der Waals surface area contributed by atoms with Crippen LogP contribution in [0.15, 0.2) is 60.7 Å². The molecule has 0 spiro atoms. The van der Waals surface area contributed by atoms with Crippen molar-refractivity contribution in [2.75, 3.05) is 13.2 Å². The third-order valence-electron chi connectivity index (χ3n) is 5.49. The highest BCUT2D eigenvalue weighted by atomic mass is 16.3. The fourth-order valence-corrected chi connectivity index (χ4v) is 4.05. The van der Waals surface area contributed by atoms with Gasteiger partial charge >= 0.3 is 0 Å². The maximum Gasteiger partial charge on any atom is 0.0558 e. The molecule has 0 saturated carbocycles. The summed E-state index contributed by atoms with van der Waals surface area (Å²) in [4.78, 5) is 2.30. The van der Waals surface area contributed by atoms with E-state index < -0.39 is 0 Å². The lowest BCUT2D eigenvalue weighted by atomic mass is 9.90. The predicted molar refractivity (Wildman–Crippen MR) is 108 cm³/mol. The first-order chi connectivity index (χ1) is 12.7. The van der Waals surface area contributed by atoms with E-state index in [0.717, 1.165) is 19.6 Å². The Morgan fingerprint density at radius 1 is 0.808 bits per heavy atom. The van der Waals surface area contributed by atoms with Crippen LogP contribution in [0, 0.1) is 13.8 Å². The Labute approximate surface area is 155 Å². The van der Waals surface area contributed by atoms with Crippen molar-refractivity contribution in [3.05, 3.63) is 82.9 Å². The Morgan fingerprint density at radius 2 is 1.54 bits per heavy atom. The number of hydrogen-bond donors (Lipinski definition) is 1. The van der Waals surface area contributed by atoms with Crippen molar-refractivity contribution in [3.63, 3.8) is 0 Å². The van der Waals surface area contributed by atoms with Gasteiger partial charge in [0.15, 0.2) is 0 Å².